The highest BCUT2D eigenvalue weighted by molar-refractivity contribution is 5.73. The van der Waals surface area contributed by atoms with Gasteiger partial charge in [0.25, 0.3) is 0 Å². The molecule has 1 heterocycles. The molecule has 0 bridgehead atoms. The summed E-state index contributed by atoms with van der Waals surface area (Å²) in [5.41, 5.74) is 0.236. The number of aldehydes is 1. The number of benzene rings is 1. The van der Waals surface area contributed by atoms with E-state index in [0.717, 1.165) is 0 Å². The van der Waals surface area contributed by atoms with Crippen LogP contribution in [0.5, 0.6) is 0 Å². The molecule has 16 heavy (non-hydrogen) atoms. The maximum atomic E-state index is 13.5. The topological polar surface area (TPSA) is 30.2 Å². The summed E-state index contributed by atoms with van der Waals surface area (Å²) < 4.78 is 32.0. The van der Waals surface area contributed by atoms with Gasteiger partial charge in [-0.25, -0.2) is 8.78 Å². The van der Waals surface area contributed by atoms with Crippen molar-refractivity contribution < 1.29 is 18.0 Å². The number of carbonyl (C=O) groups excluding carboxylic acids is 1. The molecule has 0 unspecified atom stereocenters. The van der Waals surface area contributed by atoms with Crippen LogP contribution in [0, 0.1) is 18.6 Å². The monoisotopic (exact) mass is 222 g/mol. The molecule has 0 aliphatic heterocycles. The summed E-state index contributed by atoms with van der Waals surface area (Å²) in [7, 11) is 0. The van der Waals surface area contributed by atoms with Crippen LogP contribution in [0.3, 0.4) is 0 Å². The van der Waals surface area contributed by atoms with E-state index in [9.17, 15) is 13.6 Å². The van der Waals surface area contributed by atoms with Crippen LogP contribution < -0.4 is 0 Å². The maximum Gasteiger partial charge on any atom is 0.185 e. The summed E-state index contributed by atoms with van der Waals surface area (Å²) in [6, 6.07) is 5.14. The third-order valence-electron chi connectivity index (χ3n) is 2.18. The first-order chi connectivity index (χ1) is 7.61. The predicted octanol–water partition coefficient (Wildman–Crippen LogP) is 3.35. The van der Waals surface area contributed by atoms with Gasteiger partial charge in [0.2, 0.25) is 0 Å². The molecule has 0 spiro atoms. The second kappa shape index (κ2) is 3.89. The van der Waals surface area contributed by atoms with E-state index in [-0.39, 0.29) is 17.1 Å². The van der Waals surface area contributed by atoms with Crippen molar-refractivity contribution in [3.05, 3.63) is 47.2 Å². The Morgan fingerprint density at radius 1 is 1.19 bits per heavy atom. The van der Waals surface area contributed by atoms with Crippen molar-refractivity contribution in [1.82, 2.24) is 0 Å². The Morgan fingerprint density at radius 3 is 2.31 bits per heavy atom. The molecule has 0 aliphatic carbocycles. The van der Waals surface area contributed by atoms with Crippen LogP contribution in [0.4, 0.5) is 8.78 Å². The minimum Gasteiger partial charge on any atom is -0.453 e. The van der Waals surface area contributed by atoms with Crippen LogP contribution in [0.15, 0.2) is 28.7 Å². The molecule has 1 aromatic heterocycles. The molecule has 1 aromatic carbocycles. The lowest BCUT2D eigenvalue weighted by atomic mass is 10.1. The van der Waals surface area contributed by atoms with Gasteiger partial charge in [0.1, 0.15) is 17.4 Å². The zero-order valence-electron chi connectivity index (χ0n) is 8.46. The zero-order valence-corrected chi connectivity index (χ0v) is 8.46. The van der Waals surface area contributed by atoms with Gasteiger partial charge in [-0.3, -0.25) is 4.79 Å². The van der Waals surface area contributed by atoms with Crippen LogP contribution in [0.2, 0.25) is 0 Å². The standard InChI is InChI=1S/C12H8F2O2/c1-7-4-9(13)12(10(14)5-7)11-3-2-8(6-15)16-11/h2-6H,1H3. The first kappa shape index (κ1) is 10.5. The van der Waals surface area contributed by atoms with Gasteiger partial charge in [-0.05, 0) is 36.8 Å². The molecule has 0 aliphatic rings. The second-order valence-corrected chi connectivity index (χ2v) is 3.42. The Hall–Kier alpha value is -1.97. The molecule has 0 amide bonds. The fraction of sp³-hybridized carbons (Fsp3) is 0.0833. The molecular weight excluding hydrogens is 214 g/mol. The van der Waals surface area contributed by atoms with E-state index < -0.39 is 11.6 Å². The molecule has 0 radical (unpaired) electrons. The van der Waals surface area contributed by atoms with E-state index >= 15 is 0 Å². The fourth-order valence-corrected chi connectivity index (χ4v) is 1.49. The van der Waals surface area contributed by atoms with Gasteiger partial charge in [-0.1, -0.05) is 0 Å². The number of carbonyl (C=O) groups is 1. The summed E-state index contributed by atoms with van der Waals surface area (Å²) in [4.78, 5) is 10.4. The Labute approximate surface area is 90.5 Å². The largest absolute Gasteiger partial charge is 0.453 e. The molecule has 0 saturated carbocycles. The van der Waals surface area contributed by atoms with E-state index in [2.05, 4.69) is 0 Å². The average Bonchev–Trinajstić information content (AvgIpc) is 2.64. The molecule has 82 valence electrons. The van der Waals surface area contributed by atoms with Crippen molar-refractivity contribution >= 4 is 6.29 Å². The highest BCUT2D eigenvalue weighted by Crippen LogP contribution is 2.28. The van der Waals surface area contributed by atoms with E-state index in [1.807, 2.05) is 0 Å². The van der Waals surface area contributed by atoms with Crippen molar-refractivity contribution in [2.75, 3.05) is 0 Å². The number of furan rings is 1. The number of hydrogen-bond acceptors (Lipinski definition) is 2. The lowest BCUT2D eigenvalue weighted by molar-refractivity contribution is 0.110. The van der Waals surface area contributed by atoms with Gasteiger partial charge in [-0.2, -0.15) is 0 Å². The molecule has 2 aromatic rings. The number of hydrogen-bond donors (Lipinski definition) is 0. The molecule has 0 atom stereocenters. The molecule has 0 N–H and O–H groups in total. The first-order valence-electron chi connectivity index (χ1n) is 4.63. The number of halogens is 2. The highest BCUT2D eigenvalue weighted by Gasteiger charge is 2.15. The minimum atomic E-state index is -0.704. The summed E-state index contributed by atoms with van der Waals surface area (Å²) in [5, 5.41) is 0. The van der Waals surface area contributed by atoms with E-state index in [4.69, 9.17) is 4.42 Å². The van der Waals surface area contributed by atoms with Crippen LogP contribution in [-0.2, 0) is 0 Å². The second-order valence-electron chi connectivity index (χ2n) is 3.42. The minimum absolute atomic E-state index is 0.0112. The van der Waals surface area contributed by atoms with Crippen molar-refractivity contribution in [2.24, 2.45) is 0 Å². The molecule has 2 rings (SSSR count). The average molecular weight is 222 g/mol. The summed E-state index contributed by atoms with van der Waals surface area (Å²) in [6.07, 6.45) is 0.480. The van der Waals surface area contributed by atoms with Crippen molar-refractivity contribution in [3.8, 4) is 11.3 Å². The van der Waals surface area contributed by atoms with Crippen molar-refractivity contribution in [2.45, 2.75) is 6.92 Å². The van der Waals surface area contributed by atoms with Gasteiger partial charge in [0, 0.05) is 0 Å². The third-order valence-corrected chi connectivity index (χ3v) is 2.18. The fourth-order valence-electron chi connectivity index (χ4n) is 1.49. The molecule has 4 heteroatoms. The Balaban J connectivity index is 2.59. The Morgan fingerprint density at radius 2 is 1.81 bits per heavy atom. The third kappa shape index (κ3) is 1.74. The number of rotatable bonds is 2. The lowest BCUT2D eigenvalue weighted by Gasteiger charge is -2.02. The van der Waals surface area contributed by atoms with Crippen molar-refractivity contribution in [3.63, 3.8) is 0 Å². The summed E-state index contributed by atoms with van der Waals surface area (Å²) >= 11 is 0. The van der Waals surface area contributed by atoms with Gasteiger partial charge in [0.15, 0.2) is 12.0 Å². The lowest BCUT2D eigenvalue weighted by Crippen LogP contribution is -1.90. The van der Waals surface area contributed by atoms with Gasteiger partial charge < -0.3 is 4.42 Å². The zero-order chi connectivity index (χ0) is 11.7. The van der Waals surface area contributed by atoms with E-state index in [0.29, 0.717) is 11.8 Å². The quantitative estimate of drug-likeness (QED) is 0.729. The van der Waals surface area contributed by atoms with Crippen LogP contribution in [0.25, 0.3) is 11.3 Å². The predicted molar refractivity (Wildman–Crippen MR) is 54.2 cm³/mol. The van der Waals surface area contributed by atoms with Gasteiger partial charge in [0.05, 0.1) is 5.56 Å². The molecule has 2 nitrogen and oxygen atoms in total. The molecular formula is C12H8F2O2. The number of aryl methyl sites for hydroxylation is 1. The summed E-state index contributed by atoms with van der Waals surface area (Å²) in [6.45, 7) is 1.59. The van der Waals surface area contributed by atoms with Gasteiger partial charge in [-0.15, -0.1) is 0 Å². The summed E-state index contributed by atoms with van der Waals surface area (Å²) in [5.74, 6) is -1.36. The van der Waals surface area contributed by atoms with E-state index in [1.165, 1.54) is 24.3 Å². The Kier molecular flexibility index (Phi) is 2.56. The first-order valence-corrected chi connectivity index (χ1v) is 4.63. The van der Waals surface area contributed by atoms with Crippen LogP contribution >= 0.6 is 0 Å². The van der Waals surface area contributed by atoms with Crippen LogP contribution in [0.1, 0.15) is 16.1 Å². The normalized spacial score (nSPS) is 10.4. The van der Waals surface area contributed by atoms with Crippen molar-refractivity contribution in [1.29, 1.82) is 0 Å². The molecule has 0 fully saturated rings. The Bertz CT molecular complexity index is 521. The van der Waals surface area contributed by atoms with Gasteiger partial charge >= 0.3 is 0 Å². The molecule has 0 saturated heterocycles. The maximum absolute atomic E-state index is 13.5. The van der Waals surface area contributed by atoms with Crippen LogP contribution in [-0.4, -0.2) is 6.29 Å². The highest BCUT2D eigenvalue weighted by atomic mass is 19.1. The smallest absolute Gasteiger partial charge is 0.185 e. The SMILES string of the molecule is Cc1cc(F)c(-c2ccc(C=O)o2)c(F)c1. The van der Waals surface area contributed by atoms with E-state index in [1.54, 1.807) is 6.92 Å².